The first-order chi connectivity index (χ1) is 11.2. The van der Waals surface area contributed by atoms with Crippen molar-refractivity contribution in [2.75, 3.05) is 11.4 Å². The summed E-state index contributed by atoms with van der Waals surface area (Å²) in [5.41, 5.74) is 1.07. The molecule has 120 valence electrons. The second-order valence-corrected chi connectivity index (χ2v) is 6.38. The van der Waals surface area contributed by atoms with Crippen LogP contribution in [0.2, 0.25) is 0 Å². The molecule has 3 rings (SSSR count). The number of carbonyl (C=O) groups excluding carboxylic acids is 2. The molecular weight excluding hydrogens is 290 g/mol. The highest BCUT2D eigenvalue weighted by molar-refractivity contribution is 6.01. The zero-order chi connectivity index (χ0) is 16.2. The van der Waals surface area contributed by atoms with Gasteiger partial charge in [0.25, 0.3) is 0 Å². The second kappa shape index (κ2) is 6.82. The summed E-state index contributed by atoms with van der Waals surface area (Å²) in [4.78, 5) is 26.3. The minimum atomic E-state index is -0.323. The predicted octanol–water partition coefficient (Wildman–Crippen LogP) is 2.36. The van der Waals surface area contributed by atoms with Crippen LogP contribution in [-0.2, 0) is 9.59 Å². The summed E-state index contributed by atoms with van der Waals surface area (Å²) in [7, 11) is 0. The first kappa shape index (κ1) is 15.5. The van der Waals surface area contributed by atoms with E-state index in [9.17, 15) is 14.9 Å². The van der Waals surface area contributed by atoms with Gasteiger partial charge in [0.1, 0.15) is 6.07 Å². The summed E-state index contributed by atoms with van der Waals surface area (Å²) < 4.78 is 0. The van der Waals surface area contributed by atoms with E-state index >= 15 is 0 Å². The molecule has 1 aromatic rings. The minimum absolute atomic E-state index is 0.0258. The molecule has 2 aliphatic rings. The molecule has 0 bridgehead atoms. The molecule has 23 heavy (non-hydrogen) atoms. The van der Waals surface area contributed by atoms with Crippen molar-refractivity contribution < 1.29 is 9.59 Å². The van der Waals surface area contributed by atoms with Gasteiger partial charge in [0.05, 0.1) is 17.2 Å². The molecule has 0 aromatic heterocycles. The molecule has 5 nitrogen and oxygen atoms in total. The van der Waals surface area contributed by atoms with Crippen LogP contribution in [0.3, 0.4) is 0 Å². The first-order valence-electron chi connectivity index (χ1n) is 8.29. The summed E-state index contributed by atoms with van der Waals surface area (Å²) in [5, 5.41) is 12.3. The fourth-order valence-corrected chi connectivity index (χ4v) is 3.49. The normalized spacial score (nSPS) is 22.0. The van der Waals surface area contributed by atoms with E-state index < -0.39 is 0 Å². The quantitative estimate of drug-likeness (QED) is 0.931. The van der Waals surface area contributed by atoms with Gasteiger partial charge in [0.15, 0.2) is 0 Å². The van der Waals surface area contributed by atoms with Crippen LogP contribution in [0.5, 0.6) is 0 Å². The Morgan fingerprint density at radius 2 is 1.96 bits per heavy atom. The Hall–Kier alpha value is -2.35. The lowest BCUT2D eigenvalue weighted by Gasteiger charge is -2.24. The Morgan fingerprint density at radius 1 is 1.22 bits per heavy atom. The summed E-state index contributed by atoms with van der Waals surface area (Å²) in [5.74, 6) is -0.435. The molecule has 2 fully saturated rings. The fourth-order valence-electron chi connectivity index (χ4n) is 3.49. The van der Waals surface area contributed by atoms with E-state index in [-0.39, 0.29) is 30.2 Å². The highest BCUT2D eigenvalue weighted by atomic mass is 16.2. The van der Waals surface area contributed by atoms with Crippen molar-refractivity contribution >= 4 is 17.5 Å². The molecule has 2 amide bonds. The maximum absolute atomic E-state index is 12.4. The number of nitrogens with one attached hydrogen (secondary N) is 1. The van der Waals surface area contributed by atoms with Crippen molar-refractivity contribution in [3.05, 3.63) is 29.8 Å². The Labute approximate surface area is 136 Å². The average Bonchev–Trinajstić information content (AvgIpc) is 2.97. The molecule has 1 atom stereocenters. The molecule has 1 saturated carbocycles. The number of rotatable bonds is 3. The van der Waals surface area contributed by atoms with Crippen LogP contribution in [0.15, 0.2) is 24.3 Å². The summed E-state index contributed by atoms with van der Waals surface area (Å²) in [6, 6.07) is 9.40. The minimum Gasteiger partial charge on any atom is -0.353 e. The third-order valence-electron chi connectivity index (χ3n) is 4.76. The molecule has 0 spiro atoms. The molecule has 1 N–H and O–H groups in total. The predicted molar refractivity (Wildman–Crippen MR) is 86.6 cm³/mol. The van der Waals surface area contributed by atoms with Crippen LogP contribution in [0, 0.1) is 17.2 Å². The summed E-state index contributed by atoms with van der Waals surface area (Å²) >= 11 is 0. The number of anilines is 1. The molecule has 5 heteroatoms. The SMILES string of the molecule is N#Cc1ccccc1N1CC(C(=O)NC2CCCCC2)CC1=O. The van der Waals surface area contributed by atoms with Crippen molar-refractivity contribution in [2.24, 2.45) is 5.92 Å². The highest BCUT2D eigenvalue weighted by Crippen LogP contribution is 2.28. The maximum atomic E-state index is 12.4. The van der Waals surface area contributed by atoms with Gasteiger partial charge in [-0.25, -0.2) is 0 Å². The first-order valence-corrected chi connectivity index (χ1v) is 8.29. The van der Waals surface area contributed by atoms with Crippen LogP contribution >= 0.6 is 0 Å². The van der Waals surface area contributed by atoms with Crippen molar-refractivity contribution in [3.63, 3.8) is 0 Å². The topological polar surface area (TPSA) is 73.2 Å². The number of carbonyl (C=O) groups is 2. The molecule has 1 aromatic carbocycles. The van der Waals surface area contributed by atoms with Crippen molar-refractivity contribution in [3.8, 4) is 6.07 Å². The molecule has 1 aliphatic carbocycles. The smallest absolute Gasteiger partial charge is 0.227 e. The number of nitriles is 1. The lowest BCUT2D eigenvalue weighted by molar-refractivity contribution is -0.127. The van der Waals surface area contributed by atoms with Crippen molar-refractivity contribution in [1.29, 1.82) is 5.26 Å². The molecular formula is C18H21N3O2. The van der Waals surface area contributed by atoms with Crippen LogP contribution in [-0.4, -0.2) is 24.4 Å². The van der Waals surface area contributed by atoms with Gasteiger partial charge in [-0.3, -0.25) is 9.59 Å². The van der Waals surface area contributed by atoms with Crippen LogP contribution < -0.4 is 10.2 Å². The van der Waals surface area contributed by atoms with Crippen LogP contribution in [0.4, 0.5) is 5.69 Å². The van der Waals surface area contributed by atoms with Gasteiger partial charge in [-0.05, 0) is 25.0 Å². The van der Waals surface area contributed by atoms with E-state index in [4.69, 9.17) is 0 Å². The van der Waals surface area contributed by atoms with Crippen LogP contribution in [0.1, 0.15) is 44.1 Å². The maximum Gasteiger partial charge on any atom is 0.227 e. The summed E-state index contributed by atoms with van der Waals surface area (Å²) in [6.07, 6.45) is 5.86. The monoisotopic (exact) mass is 311 g/mol. The number of nitrogens with zero attached hydrogens (tertiary/aromatic N) is 2. The van der Waals surface area contributed by atoms with Gasteiger partial charge in [-0.1, -0.05) is 31.4 Å². The van der Waals surface area contributed by atoms with E-state index in [0.717, 1.165) is 25.7 Å². The van der Waals surface area contributed by atoms with Gasteiger partial charge >= 0.3 is 0 Å². The van der Waals surface area contributed by atoms with E-state index in [1.54, 1.807) is 29.2 Å². The molecule has 1 aliphatic heterocycles. The van der Waals surface area contributed by atoms with Crippen LogP contribution in [0.25, 0.3) is 0 Å². The molecule has 0 radical (unpaired) electrons. The Balaban J connectivity index is 1.67. The Morgan fingerprint density at radius 3 is 2.70 bits per heavy atom. The van der Waals surface area contributed by atoms with Gasteiger partial charge < -0.3 is 10.2 Å². The second-order valence-electron chi connectivity index (χ2n) is 6.38. The van der Waals surface area contributed by atoms with Gasteiger partial charge in [-0.15, -0.1) is 0 Å². The van der Waals surface area contributed by atoms with E-state index in [1.165, 1.54) is 6.42 Å². The molecule has 1 heterocycles. The number of benzene rings is 1. The van der Waals surface area contributed by atoms with Gasteiger partial charge in [0.2, 0.25) is 11.8 Å². The average molecular weight is 311 g/mol. The van der Waals surface area contributed by atoms with Gasteiger partial charge in [-0.2, -0.15) is 5.26 Å². The van der Waals surface area contributed by atoms with E-state index in [2.05, 4.69) is 11.4 Å². The lowest BCUT2D eigenvalue weighted by atomic mass is 9.95. The largest absolute Gasteiger partial charge is 0.353 e. The van der Waals surface area contributed by atoms with E-state index in [0.29, 0.717) is 17.8 Å². The van der Waals surface area contributed by atoms with Crippen molar-refractivity contribution in [2.45, 2.75) is 44.6 Å². The molecule has 1 unspecified atom stereocenters. The zero-order valence-electron chi connectivity index (χ0n) is 13.1. The standard InChI is InChI=1S/C18H21N3O2/c19-11-13-6-4-5-9-16(13)21-12-14(10-17(21)22)18(23)20-15-7-2-1-3-8-15/h4-6,9,14-15H,1-3,7-8,10,12H2,(H,20,23). The lowest BCUT2D eigenvalue weighted by Crippen LogP contribution is -2.40. The third kappa shape index (κ3) is 3.37. The summed E-state index contributed by atoms with van der Waals surface area (Å²) in [6.45, 7) is 0.357. The highest BCUT2D eigenvalue weighted by Gasteiger charge is 2.36. The number of para-hydroxylation sites is 1. The van der Waals surface area contributed by atoms with Gasteiger partial charge in [0, 0.05) is 19.0 Å². The fraction of sp³-hybridized carbons (Fsp3) is 0.500. The Kier molecular flexibility index (Phi) is 4.61. The number of hydrogen-bond donors (Lipinski definition) is 1. The number of hydrogen-bond acceptors (Lipinski definition) is 3. The zero-order valence-corrected chi connectivity index (χ0v) is 13.1. The van der Waals surface area contributed by atoms with Crippen molar-refractivity contribution in [1.82, 2.24) is 5.32 Å². The third-order valence-corrected chi connectivity index (χ3v) is 4.76. The Bertz CT molecular complexity index is 644. The number of amides is 2. The van der Waals surface area contributed by atoms with E-state index in [1.807, 2.05) is 0 Å². The molecule has 1 saturated heterocycles.